The molecule has 2 aromatic carbocycles. The first-order valence-corrected chi connectivity index (χ1v) is 10.8. The zero-order chi connectivity index (χ0) is 21.7. The fourth-order valence-corrected chi connectivity index (χ4v) is 4.36. The predicted molar refractivity (Wildman–Crippen MR) is 129 cm³/mol. The van der Waals surface area contributed by atoms with Gasteiger partial charge < -0.3 is 9.64 Å². The summed E-state index contributed by atoms with van der Waals surface area (Å²) < 4.78 is 6.50. The van der Waals surface area contributed by atoms with Crippen molar-refractivity contribution in [1.82, 2.24) is 9.88 Å². The number of methoxy groups -OCH3 is 1. The maximum absolute atomic E-state index is 13.4. The van der Waals surface area contributed by atoms with E-state index in [0.29, 0.717) is 28.6 Å². The number of anilines is 1. The Morgan fingerprint density at radius 1 is 1.13 bits per heavy atom. The molecule has 3 rings (SSSR count). The molecule has 0 aliphatic rings. The molecule has 0 N–H and O–H groups in total. The lowest BCUT2D eigenvalue weighted by Crippen LogP contribution is -2.38. The van der Waals surface area contributed by atoms with Gasteiger partial charge in [0.2, 0.25) is 0 Å². The highest BCUT2D eigenvalue weighted by molar-refractivity contribution is 7.22. The van der Waals surface area contributed by atoms with E-state index >= 15 is 0 Å². The van der Waals surface area contributed by atoms with Crippen LogP contribution < -0.4 is 9.64 Å². The van der Waals surface area contributed by atoms with Crippen LogP contribution in [0.5, 0.6) is 5.75 Å². The number of fused-ring (bicyclic) bond motifs is 1. The largest absolute Gasteiger partial charge is 0.494 e. The Kier molecular flexibility index (Phi) is 8.81. The van der Waals surface area contributed by atoms with E-state index in [4.69, 9.17) is 15.0 Å². The number of nitrogens with zero attached hydrogens (tertiary/aromatic N) is 4. The van der Waals surface area contributed by atoms with Crippen LogP contribution in [0, 0.1) is 18.3 Å². The number of ether oxygens (including phenoxy) is 1. The number of carbonyl (C=O) groups is 1. The zero-order valence-corrected chi connectivity index (χ0v) is 19.8. The molecule has 6 nitrogen and oxygen atoms in total. The van der Waals surface area contributed by atoms with Crippen molar-refractivity contribution in [3.63, 3.8) is 0 Å². The Bertz CT molecular complexity index is 1070. The molecular weight excluding hydrogens is 432 g/mol. The zero-order valence-electron chi connectivity index (χ0n) is 18.2. The van der Waals surface area contributed by atoms with E-state index in [1.54, 1.807) is 36.3 Å². The van der Waals surface area contributed by atoms with E-state index in [2.05, 4.69) is 24.8 Å². The SMILES string of the molecule is CCN(CC)CCN(C(=O)c1ccc(C#N)cc1)c1nc2c(OC)ccc(C)c2s1.Cl. The number of halogens is 1. The van der Waals surface area contributed by atoms with Gasteiger partial charge in [-0.15, -0.1) is 12.4 Å². The Hall–Kier alpha value is -2.66. The predicted octanol–water partition coefficient (Wildman–Crippen LogP) is 4.90. The van der Waals surface area contributed by atoms with Gasteiger partial charge in [-0.25, -0.2) is 4.98 Å². The van der Waals surface area contributed by atoms with E-state index in [9.17, 15) is 4.79 Å². The summed E-state index contributed by atoms with van der Waals surface area (Å²) in [5.74, 6) is 0.579. The van der Waals surface area contributed by atoms with Gasteiger partial charge >= 0.3 is 0 Å². The molecule has 164 valence electrons. The highest BCUT2D eigenvalue weighted by Gasteiger charge is 2.23. The van der Waals surface area contributed by atoms with Crippen molar-refractivity contribution < 1.29 is 9.53 Å². The summed E-state index contributed by atoms with van der Waals surface area (Å²) >= 11 is 1.50. The van der Waals surface area contributed by atoms with Gasteiger partial charge in [0.05, 0.1) is 23.4 Å². The smallest absolute Gasteiger partial charge is 0.260 e. The standard InChI is InChI=1S/C23H26N4O2S.ClH/c1-5-26(6-2)13-14-27(22(28)18-10-8-17(15-24)9-11-18)23-25-20-19(29-4)12-7-16(3)21(20)30-23;/h7-12H,5-6,13-14H2,1-4H3;1H. The lowest BCUT2D eigenvalue weighted by Gasteiger charge is -2.24. The number of rotatable bonds is 8. The van der Waals surface area contributed by atoms with Crippen LogP contribution in [0.15, 0.2) is 36.4 Å². The summed E-state index contributed by atoms with van der Waals surface area (Å²) in [7, 11) is 1.63. The Labute approximate surface area is 193 Å². The molecule has 0 bridgehead atoms. The molecule has 0 spiro atoms. The second-order valence-corrected chi connectivity index (χ2v) is 7.91. The van der Waals surface area contributed by atoms with Crippen LogP contribution in [0.4, 0.5) is 5.13 Å². The third-order valence-electron chi connectivity index (χ3n) is 5.18. The monoisotopic (exact) mass is 458 g/mol. The van der Waals surface area contributed by atoms with Crippen molar-refractivity contribution in [3.8, 4) is 11.8 Å². The second kappa shape index (κ2) is 11.1. The summed E-state index contributed by atoms with van der Waals surface area (Å²) in [5.41, 5.74) is 2.94. The van der Waals surface area contributed by atoms with Gasteiger partial charge in [0, 0.05) is 18.7 Å². The first-order valence-electron chi connectivity index (χ1n) is 10.0. The molecule has 0 aliphatic heterocycles. The number of amides is 1. The number of thiazole rings is 1. The third-order valence-corrected chi connectivity index (χ3v) is 6.40. The average Bonchev–Trinajstić information content (AvgIpc) is 3.23. The first kappa shape index (κ1) is 24.6. The van der Waals surface area contributed by atoms with E-state index in [-0.39, 0.29) is 18.3 Å². The third kappa shape index (κ3) is 5.34. The van der Waals surface area contributed by atoms with Crippen molar-refractivity contribution in [3.05, 3.63) is 53.1 Å². The molecule has 1 heterocycles. The van der Waals surface area contributed by atoms with E-state index in [1.165, 1.54) is 11.3 Å². The van der Waals surface area contributed by atoms with Crippen LogP contribution in [-0.4, -0.2) is 49.1 Å². The Balaban J connectivity index is 0.00000341. The first-order chi connectivity index (χ1) is 14.5. The number of benzene rings is 2. The maximum atomic E-state index is 13.4. The van der Waals surface area contributed by atoms with Crippen molar-refractivity contribution in [1.29, 1.82) is 5.26 Å². The van der Waals surface area contributed by atoms with Crippen LogP contribution in [0.2, 0.25) is 0 Å². The lowest BCUT2D eigenvalue weighted by atomic mass is 10.1. The van der Waals surface area contributed by atoms with E-state index < -0.39 is 0 Å². The number of carbonyl (C=O) groups excluding carboxylic acids is 1. The van der Waals surface area contributed by atoms with Crippen LogP contribution in [0.3, 0.4) is 0 Å². The molecule has 8 heteroatoms. The molecule has 0 atom stereocenters. The van der Waals surface area contributed by atoms with E-state index in [0.717, 1.165) is 35.4 Å². The fourth-order valence-electron chi connectivity index (χ4n) is 3.29. The highest BCUT2D eigenvalue weighted by atomic mass is 35.5. The number of likely N-dealkylation sites (N-methyl/N-ethyl adjacent to an activating group) is 1. The topological polar surface area (TPSA) is 69.5 Å². The highest BCUT2D eigenvalue weighted by Crippen LogP contribution is 2.36. The van der Waals surface area contributed by atoms with Crippen LogP contribution in [0.25, 0.3) is 10.2 Å². The number of hydrogen-bond acceptors (Lipinski definition) is 6. The van der Waals surface area contributed by atoms with Crippen molar-refractivity contribution >= 4 is 45.0 Å². The minimum atomic E-state index is -0.123. The van der Waals surface area contributed by atoms with Crippen molar-refractivity contribution in [2.24, 2.45) is 0 Å². The van der Waals surface area contributed by atoms with Gasteiger partial charge in [0.1, 0.15) is 11.3 Å². The molecular formula is C23H27ClN4O2S. The Morgan fingerprint density at radius 3 is 2.39 bits per heavy atom. The molecule has 0 aliphatic carbocycles. The minimum Gasteiger partial charge on any atom is -0.494 e. The molecule has 0 saturated heterocycles. The number of aromatic nitrogens is 1. The molecule has 0 radical (unpaired) electrons. The lowest BCUT2D eigenvalue weighted by molar-refractivity contribution is 0.0984. The van der Waals surface area contributed by atoms with Gasteiger partial charge in [0.25, 0.3) is 5.91 Å². The summed E-state index contributed by atoms with van der Waals surface area (Å²) in [6.45, 7) is 9.38. The minimum absolute atomic E-state index is 0. The number of hydrogen-bond donors (Lipinski definition) is 0. The van der Waals surface area contributed by atoms with Crippen LogP contribution in [-0.2, 0) is 0 Å². The number of nitriles is 1. The average molecular weight is 459 g/mol. The van der Waals surface area contributed by atoms with Crippen LogP contribution >= 0.6 is 23.7 Å². The van der Waals surface area contributed by atoms with Gasteiger partial charge in [-0.3, -0.25) is 9.69 Å². The van der Waals surface area contributed by atoms with Crippen molar-refractivity contribution in [2.45, 2.75) is 20.8 Å². The Morgan fingerprint density at radius 2 is 1.81 bits per heavy atom. The normalized spacial score (nSPS) is 10.6. The van der Waals surface area contributed by atoms with E-state index in [1.807, 2.05) is 19.1 Å². The summed E-state index contributed by atoms with van der Waals surface area (Å²) in [5, 5.41) is 9.69. The molecule has 3 aromatic rings. The van der Waals surface area contributed by atoms with Gasteiger partial charge in [-0.05, 0) is 55.9 Å². The van der Waals surface area contributed by atoms with Gasteiger partial charge in [0.15, 0.2) is 5.13 Å². The maximum Gasteiger partial charge on any atom is 0.260 e. The quantitative estimate of drug-likeness (QED) is 0.480. The molecule has 0 unspecified atom stereocenters. The second-order valence-electron chi connectivity index (χ2n) is 6.93. The molecule has 0 fully saturated rings. The van der Waals surface area contributed by atoms with Crippen LogP contribution in [0.1, 0.15) is 35.3 Å². The fraction of sp³-hybridized carbons (Fsp3) is 0.348. The summed E-state index contributed by atoms with van der Waals surface area (Å²) in [6.07, 6.45) is 0. The molecule has 1 amide bonds. The van der Waals surface area contributed by atoms with Crippen molar-refractivity contribution in [2.75, 3.05) is 38.2 Å². The molecule has 0 saturated carbocycles. The summed E-state index contributed by atoms with van der Waals surface area (Å²) in [4.78, 5) is 22.2. The summed E-state index contributed by atoms with van der Waals surface area (Å²) in [6, 6.07) is 12.7. The molecule has 31 heavy (non-hydrogen) atoms. The molecule has 1 aromatic heterocycles. The van der Waals surface area contributed by atoms with Gasteiger partial charge in [-0.2, -0.15) is 5.26 Å². The number of aryl methyl sites for hydroxylation is 1. The van der Waals surface area contributed by atoms with Gasteiger partial charge in [-0.1, -0.05) is 31.3 Å².